The van der Waals surface area contributed by atoms with E-state index in [2.05, 4.69) is 39.8 Å². The van der Waals surface area contributed by atoms with Crippen LogP contribution in [0, 0.1) is 0 Å². The van der Waals surface area contributed by atoms with Crippen LogP contribution in [-0.2, 0) is 4.79 Å². The molecule has 7 nitrogen and oxygen atoms in total. The summed E-state index contributed by atoms with van der Waals surface area (Å²) in [6.07, 6.45) is 2.95. The molecule has 3 aromatic rings. The second-order valence-electron chi connectivity index (χ2n) is 6.88. The molecule has 0 saturated carbocycles. The normalized spacial score (nSPS) is 10.5. The van der Waals surface area contributed by atoms with Crippen LogP contribution >= 0.6 is 0 Å². The Morgan fingerprint density at radius 2 is 1.59 bits per heavy atom. The maximum absolute atomic E-state index is 12.6. The SMILES string of the molecule is CC(=O)Nc1cccc(Nc2ncc(C(=O)Nc3ccccc3C(C)C)cn2)c1. The zero-order chi connectivity index (χ0) is 20.8. The van der Waals surface area contributed by atoms with Crippen LogP contribution in [0.3, 0.4) is 0 Å². The van der Waals surface area contributed by atoms with E-state index < -0.39 is 0 Å². The van der Waals surface area contributed by atoms with Gasteiger partial charge in [-0.15, -0.1) is 0 Å². The molecule has 7 heteroatoms. The summed E-state index contributed by atoms with van der Waals surface area (Å²) in [5.74, 6) is 0.233. The van der Waals surface area contributed by atoms with Crippen molar-refractivity contribution < 1.29 is 9.59 Å². The number of hydrogen-bond donors (Lipinski definition) is 3. The van der Waals surface area contributed by atoms with Crippen LogP contribution in [0.4, 0.5) is 23.0 Å². The van der Waals surface area contributed by atoms with Gasteiger partial charge in [0, 0.05) is 36.4 Å². The van der Waals surface area contributed by atoms with Crippen molar-refractivity contribution in [2.75, 3.05) is 16.0 Å². The van der Waals surface area contributed by atoms with Crippen molar-refractivity contribution >= 4 is 34.8 Å². The van der Waals surface area contributed by atoms with E-state index in [1.54, 1.807) is 12.1 Å². The molecular formula is C22H23N5O2. The molecule has 2 aromatic carbocycles. The van der Waals surface area contributed by atoms with Crippen molar-refractivity contribution in [3.63, 3.8) is 0 Å². The smallest absolute Gasteiger partial charge is 0.258 e. The summed E-state index contributed by atoms with van der Waals surface area (Å²) in [7, 11) is 0. The zero-order valence-corrected chi connectivity index (χ0v) is 16.6. The molecule has 0 radical (unpaired) electrons. The molecule has 0 aliphatic rings. The molecule has 0 spiro atoms. The standard InChI is InChI=1S/C22H23N5O2/c1-14(2)19-9-4-5-10-20(19)27-21(29)16-12-23-22(24-13-16)26-18-8-6-7-17(11-18)25-15(3)28/h4-14H,1-3H3,(H,25,28)(H,27,29)(H,23,24,26). The highest BCUT2D eigenvalue weighted by Gasteiger charge is 2.12. The van der Waals surface area contributed by atoms with Gasteiger partial charge in [0.15, 0.2) is 0 Å². The fourth-order valence-corrected chi connectivity index (χ4v) is 2.83. The van der Waals surface area contributed by atoms with Crippen LogP contribution in [0.5, 0.6) is 0 Å². The molecule has 29 heavy (non-hydrogen) atoms. The first-order valence-electron chi connectivity index (χ1n) is 9.29. The summed E-state index contributed by atoms with van der Waals surface area (Å²) in [6.45, 7) is 5.61. The molecule has 0 unspecified atom stereocenters. The molecule has 1 aromatic heterocycles. The van der Waals surface area contributed by atoms with Gasteiger partial charge in [-0.05, 0) is 35.7 Å². The van der Waals surface area contributed by atoms with Gasteiger partial charge in [-0.1, -0.05) is 38.1 Å². The Morgan fingerprint density at radius 1 is 0.897 bits per heavy atom. The fourth-order valence-electron chi connectivity index (χ4n) is 2.83. The average molecular weight is 389 g/mol. The van der Waals surface area contributed by atoms with Gasteiger partial charge in [0.05, 0.1) is 5.56 Å². The molecule has 3 rings (SSSR count). The Balaban J connectivity index is 1.69. The van der Waals surface area contributed by atoms with E-state index in [1.165, 1.54) is 19.3 Å². The number of rotatable bonds is 6. The number of nitrogens with one attached hydrogen (secondary N) is 3. The molecule has 0 aliphatic carbocycles. The third-order valence-electron chi connectivity index (χ3n) is 4.18. The van der Waals surface area contributed by atoms with E-state index in [-0.39, 0.29) is 11.8 Å². The van der Waals surface area contributed by atoms with Gasteiger partial charge < -0.3 is 16.0 Å². The van der Waals surface area contributed by atoms with Crippen molar-refractivity contribution in [1.29, 1.82) is 0 Å². The lowest BCUT2D eigenvalue weighted by molar-refractivity contribution is -0.114. The van der Waals surface area contributed by atoms with Crippen molar-refractivity contribution in [1.82, 2.24) is 9.97 Å². The second kappa shape index (κ2) is 8.97. The maximum Gasteiger partial charge on any atom is 0.258 e. The van der Waals surface area contributed by atoms with Gasteiger partial charge in [0.25, 0.3) is 5.91 Å². The summed E-state index contributed by atoms with van der Waals surface area (Å²) in [5.41, 5.74) is 3.60. The van der Waals surface area contributed by atoms with E-state index in [1.807, 2.05) is 36.4 Å². The predicted molar refractivity (Wildman–Crippen MR) is 115 cm³/mol. The van der Waals surface area contributed by atoms with E-state index >= 15 is 0 Å². The number of benzene rings is 2. The third-order valence-corrected chi connectivity index (χ3v) is 4.18. The van der Waals surface area contributed by atoms with Crippen LogP contribution in [-0.4, -0.2) is 21.8 Å². The van der Waals surface area contributed by atoms with Gasteiger partial charge in [0.2, 0.25) is 11.9 Å². The maximum atomic E-state index is 12.6. The number of carbonyl (C=O) groups excluding carboxylic acids is 2. The molecule has 2 amide bonds. The van der Waals surface area contributed by atoms with Crippen LogP contribution in [0.15, 0.2) is 60.9 Å². The van der Waals surface area contributed by atoms with Gasteiger partial charge >= 0.3 is 0 Å². The fraction of sp³-hybridized carbons (Fsp3) is 0.182. The summed E-state index contributed by atoms with van der Waals surface area (Å²) in [6, 6.07) is 14.9. The van der Waals surface area contributed by atoms with Gasteiger partial charge in [0.1, 0.15) is 0 Å². The minimum atomic E-state index is -0.266. The van der Waals surface area contributed by atoms with Crippen molar-refractivity contribution in [3.8, 4) is 0 Å². The largest absolute Gasteiger partial charge is 0.326 e. The number of carbonyl (C=O) groups is 2. The molecule has 0 aliphatic heterocycles. The van der Waals surface area contributed by atoms with E-state index in [9.17, 15) is 9.59 Å². The number of nitrogens with zero attached hydrogens (tertiary/aromatic N) is 2. The summed E-state index contributed by atoms with van der Waals surface area (Å²) < 4.78 is 0. The third kappa shape index (κ3) is 5.38. The van der Waals surface area contributed by atoms with Crippen molar-refractivity contribution in [3.05, 3.63) is 72.1 Å². The molecule has 0 saturated heterocycles. The Labute approximate surface area is 169 Å². The number of amides is 2. The molecule has 3 N–H and O–H groups in total. The average Bonchev–Trinajstić information content (AvgIpc) is 2.68. The van der Waals surface area contributed by atoms with E-state index in [4.69, 9.17) is 0 Å². The minimum absolute atomic E-state index is 0.146. The van der Waals surface area contributed by atoms with Crippen LogP contribution < -0.4 is 16.0 Å². The highest BCUT2D eigenvalue weighted by atomic mass is 16.2. The topological polar surface area (TPSA) is 96.0 Å². The molecule has 0 bridgehead atoms. The first kappa shape index (κ1) is 20.0. The number of hydrogen-bond acceptors (Lipinski definition) is 5. The van der Waals surface area contributed by atoms with Gasteiger partial charge in [-0.2, -0.15) is 0 Å². The van der Waals surface area contributed by atoms with Gasteiger partial charge in [-0.3, -0.25) is 9.59 Å². The number of aromatic nitrogens is 2. The Bertz CT molecular complexity index is 1020. The predicted octanol–water partition coefficient (Wildman–Crippen LogP) is 4.55. The van der Waals surface area contributed by atoms with Crippen LogP contribution in [0.25, 0.3) is 0 Å². The Hall–Kier alpha value is -3.74. The van der Waals surface area contributed by atoms with Gasteiger partial charge in [-0.25, -0.2) is 9.97 Å². The molecule has 1 heterocycles. The van der Waals surface area contributed by atoms with E-state index in [0.29, 0.717) is 23.1 Å². The molecule has 148 valence electrons. The first-order chi connectivity index (χ1) is 13.9. The zero-order valence-electron chi connectivity index (χ0n) is 16.6. The lowest BCUT2D eigenvalue weighted by Crippen LogP contribution is -2.14. The number of para-hydroxylation sites is 1. The van der Waals surface area contributed by atoms with E-state index in [0.717, 1.165) is 16.9 Å². The molecular weight excluding hydrogens is 366 g/mol. The Kier molecular flexibility index (Phi) is 6.19. The van der Waals surface area contributed by atoms with Crippen LogP contribution in [0.2, 0.25) is 0 Å². The van der Waals surface area contributed by atoms with Crippen molar-refractivity contribution in [2.45, 2.75) is 26.7 Å². The number of anilines is 4. The summed E-state index contributed by atoms with van der Waals surface area (Å²) in [5, 5.41) is 8.69. The highest BCUT2D eigenvalue weighted by Crippen LogP contribution is 2.24. The minimum Gasteiger partial charge on any atom is -0.326 e. The quantitative estimate of drug-likeness (QED) is 0.575. The van der Waals surface area contributed by atoms with Crippen molar-refractivity contribution in [2.24, 2.45) is 0 Å². The second-order valence-corrected chi connectivity index (χ2v) is 6.88. The van der Waals surface area contributed by atoms with Crippen LogP contribution in [0.1, 0.15) is 42.6 Å². The summed E-state index contributed by atoms with van der Waals surface area (Å²) >= 11 is 0. The Morgan fingerprint density at radius 3 is 2.28 bits per heavy atom. The first-order valence-corrected chi connectivity index (χ1v) is 9.29. The summed E-state index contributed by atoms with van der Waals surface area (Å²) in [4.78, 5) is 32.2. The molecule has 0 atom stereocenters. The molecule has 0 fully saturated rings. The highest BCUT2D eigenvalue weighted by molar-refractivity contribution is 6.04. The lowest BCUT2D eigenvalue weighted by Gasteiger charge is -2.13. The lowest BCUT2D eigenvalue weighted by atomic mass is 10.0. The monoisotopic (exact) mass is 389 g/mol.